The molecule has 0 aliphatic rings. The van der Waals surface area contributed by atoms with E-state index < -0.39 is 0 Å². The minimum Gasteiger partial charge on any atom is -0.496 e. The standard InChI is InChI=1S/C14H13BrN4O/c1-20-13-4-3-10(7-12(13)15)11-8-18-14(19-9-11)17-6-2-5-16/h3-4,7-9H,2,6H2,1H3,(H,17,18,19). The molecule has 0 amide bonds. The van der Waals surface area contributed by atoms with E-state index in [-0.39, 0.29) is 0 Å². The zero-order valence-electron chi connectivity index (χ0n) is 10.9. The summed E-state index contributed by atoms with van der Waals surface area (Å²) in [5.74, 6) is 1.31. The fraction of sp³-hybridized carbons (Fsp3) is 0.214. The van der Waals surface area contributed by atoms with Gasteiger partial charge in [0.05, 0.1) is 24.1 Å². The monoisotopic (exact) mass is 332 g/mol. The van der Waals surface area contributed by atoms with Crippen LogP contribution in [0.25, 0.3) is 11.1 Å². The second-order valence-corrected chi connectivity index (χ2v) is 4.83. The molecule has 0 atom stereocenters. The molecule has 0 aliphatic carbocycles. The topological polar surface area (TPSA) is 70.8 Å². The molecular formula is C14H13BrN4O. The molecular weight excluding hydrogens is 320 g/mol. The highest BCUT2D eigenvalue weighted by Gasteiger charge is 2.04. The Labute approximate surface area is 125 Å². The van der Waals surface area contributed by atoms with Gasteiger partial charge >= 0.3 is 0 Å². The van der Waals surface area contributed by atoms with Gasteiger partial charge in [0.1, 0.15) is 5.75 Å². The molecule has 5 nitrogen and oxygen atoms in total. The Balaban J connectivity index is 2.13. The van der Waals surface area contributed by atoms with Gasteiger partial charge in [-0.1, -0.05) is 6.07 Å². The summed E-state index contributed by atoms with van der Waals surface area (Å²) in [4.78, 5) is 8.44. The molecule has 0 aliphatic heterocycles. The number of ether oxygens (including phenoxy) is 1. The van der Waals surface area contributed by atoms with E-state index in [1.165, 1.54) is 0 Å². The van der Waals surface area contributed by atoms with Crippen LogP contribution in [0.1, 0.15) is 6.42 Å². The van der Waals surface area contributed by atoms with Crippen LogP contribution in [0.2, 0.25) is 0 Å². The van der Waals surface area contributed by atoms with Crippen LogP contribution in [0, 0.1) is 11.3 Å². The predicted octanol–water partition coefficient (Wildman–Crippen LogP) is 3.24. The second-order valence-electron chi connectivity index (χ2n) is 3.98. The average Bonchev–Trinajstić information content (AvgIpc) is 2.48. The highest BCUT2D eigenvalue weighted by atomic mass is 79.9. The molecule has 102 valence electrons. The normalized spacial score (nSPS) is 9.85. The van der Waals surface area contributed by atoms with Crippen molar-refractivity contribution in [3.8, 4) is 22.9 Å². The van der Waals surface area contributed by atoms with Crippen molar-refractivity contribution < 1.29 is 4.74 Å². The van der Waals surface area contributed by atoms with Crippen molar-refractivity contribution in [3.63, 3.8) is 0 Å². The van der Waals surface area contributed by atoms with Gasteiger partial charge in [0.2, 0.25) is 5.95 Å². The maximum absolute atomic E-state index is 8.46. The third-order valence-corrected chi connectivity index (χ3v) is 3.28. The lowest BCUT2D eigenvalue weighted by molar-refractivity contribution is 0.412. The smallest absolute Gasteiger partial charge is 0.222 e. The van der Waals surface area contributed by atoms with Crippen LogP contribution in [0.15, 0.2) is 35.1 Å². The van der Waals surface area contributed by atoms with Gasteiger partial charge in [-0.3, -0.25) is 0 Å². The second kappa shape index (κ2) is 6.87. The number of rotatable bonds is 5. The summed E-state index contributed by atoms with van der Waals surface area (Å²) in [6, 6.07) is 7.85. The van der Waals surface area contributed by atoms with E-state index in [1.54, 1.807) is 19.5 Å². The van der Waals surface area contributed by atoms with Crippen molar-refractivity contribution in [2.24, 2.45) is 0 Å². The number of nitrogens with zero attached hydrogens (tertiary/aromatic N) is 3. The number of aromatic nitrogens is 2. The molecule has 1 N–H and O–H groups in total. The highest BCUT2D eigenvalue weighted by Crippen LogP contribution is 2.30. The van der Waals surface area contributed by atoms with Crippen molar-refractivity contribution in [3.05, 3.63) is 35.1 Å². The Bertz CT molecular complexity index is 622. The number of nitriles is 1. The van der Waals surface area contributed by atoms with Crippen LogP contribution >= 0.6 is 15.9 Å². The average molecular weight is 333 g/mol. The molecule has 1 aromatic carbocycles. The molecule has 1 heterocycles. The van der Waals surface area contributed by atoms with Gasteiger partial charge in [-0.05, 0) is 33.6 Å². The summed E-state index contributed by atoms with van der Waals surface area (Å²) in [5, 5.41) is 11.4. The van der Waals surface area contributed by atoms with E-state index in [2.05, 4.69) is 37.3 Å². The van der Waals surface area contributed by atoms with E-state index >= 15 is 0 Å². The molecule has 6 heteroatoms. The Morgan fingerprint density at radius 3 is 2.65 bits per heavy atom. The first-order chi connectivity index (χ1) is 9.74. The number of methoxy groups -OCH3 is 1. The third-order valence-electron chi connectivity index (χ3n) is 2.66. The summed E-state index contributed by atoms with van der Waals surface area (Å²) in [6.07, 6.45) is 3.92. The van der Waals surface area contributed by atoms with Gasteiger partial charge in [-0.25, -0.2) is 9.97 Å². The number of halogens is 1. The first kappa shape index (κ1) is 14.3. The molecule has 0 spiro atoms. The minimum absolute atomic E-state index is 0.427. The summed E-state index contributed by atoms with van der Waals surface area (Å²) in [5.41, 5.74) is 1.92. The lowest BCUT2D eigenvalue weighted by Gasteiger charge is -2.07. The van der Waals surface area contributed by atoms with Gasteiger partial charge in [0.25, 0.3) is 0 Å². The van der Waals surface area contributed by atoms with E-state index in [0.717, 1.165) is 21.3 Å². The van der Waals surface area contributed by atoms with Crippen molar-refractivity contribution in [2.45, 2.75) is 6.42 Å². The van der Waals surface area contributed by atoms with Gasteiger partial charge in [-0.2, -0.15) is 5.26 Å². The number of nitrogens with one attached hydrogen (secondary N) is 1. The Hall–Kier alpha value is -2.13. The largest absolute Gasteiger partial charge is 0.496 e. The van der Waals surface area contributed by atoms with Crippen LogP contribution < -0.4 is 10.1 Å². The van der Waals surface area contributed by atoms with Crippen molar-refractivity contribution in [1.82, 2.24) is 9.97 Å². The Morgan fingerprint density at radius 2 is 2.05 bits per heavy atom. The van der Waals surface area contributed by atoms with Gasteiger partial charge in [0.15, 0.2) is 0 Å². The third kappa shape index (κ3) is 3.45. The van der Waals surface area contributed by atoms with Gasteiger partial charge in [0, 0.05) is 24.5 Å². The molecule has 0 saturated heterocycles. The van der Waals surface area contributed by atoms with Crippen LogP contribution in [-0.4, -0.2) is 23.6 Å². The lowest BCUT2D eigenvalue weighted by atomic mass is 10.1. The number of anilines is 1. The summed E-state index contributed by atoms with van der Waals surface area (Å²) < 4.78 is 6.08. The van der Waals surface area contributed by atoms with Crippen molar-refractivity contribution in [1.29, 1.82) is 5.26 Å². The van der Waals surface area contributed by atoms with Crippen LogP contribution in [0.3, 0.4) is 0 Å². The van der Waals surface area contributed by atoms with Crippen LogP contribution in [0.5, 0.6) is 5.75 Å². The molecule has 2 aromatic rings. The maximum atomic E-state index is 8.46. The fourth-order valence-electron chi connectivity index (χ4n) is 1.64. The fourth-order valence-corrected chi connectivity index (χ4v) is 2.19. The highest BCUT2D eigenvalue weighted by molar-refractivity contribution is 9.10. The van der Waals surface area contributed by atoms with Crippen molar-refractivity contribution >= 4 is 21.9 Å². The van der Waals surface area contributed by atoms with Crippen LogP contribution in [-0.2, 0) is 0 Å². The maximum Gasteiger partial charge on any atom is 0.222 e. The first-order valence-electron chi connectivity index (χ1n) is 6.01. The first-order valence-corrected chi connectivity index (χ1v) is 6.80. The zero-order chi connectivity index (χ0) is 14.4. The molecule has 0 unspecified atom stereocenters. The van der Waals surface area contributed by atoms with Crippen LogP contribution in [0.4, 0.5) is 5.95 Å². The molecule has 0 radical (unpaired) electrons. The number of benzene rings is 1. The Morgan fingerprint density at radius 1 is 1.30 bits per heavy atom. The predicted molar refractivity (Wildman–Crippen MR) is 80.4 cm³/mol. The zero-order valence-corrected chi connectivity index (χ0v) is 12.5. The van der Waals surface area contributed by atoms with E-state index in [9.17, 15) is 0 Å². The quantitative estimate of drug-likeness (QED) is 0.851. The molecule has 0 fully saturated rings. The summed E-state index contributed by atoms with van der Waals surface area (Å²) in [6.45, 7) is 0.546. The minimum atomic E-state index is 0.427. The lowest BCUT2D eigenvalue weighted by Crippen LogP contribution is -2.04. The van der Waals surface area contributed by atoms with E-state index in [0.29, 0.717) is 18.9 Å². The summed E-state index contributed by atoms with van der Waals surface area (Å²) in [7, 11) is 1.63. The van der Waals surface area contributed by atoms with Gasteiger partial charge < -0.3 is 10.1 Å². The SMILES string of the molecule is COc1ccc(-c2cnc(NCCC#N)nc2)cc1Br. The number of hydrogen-bond donors (Lipinski definition) is 1. The molecule has 20 heavy (non-hydrogen) atoms. The summed E-state index contributed by atoms with van der Waals surface area (Å²) >= 11 is 3.45. The molecule has 0 bridgehead atoms. The molecule has 2 rings (SSSR count). The van der Waals surface area contributed by atoms with E-state index in [4.69, 9.17) is 10.00 Å². The number of hydrogen-bond acceptors (Lipinski definition) is 5. The molecule has 0 saturated carbocycles. The van der Waals surface area contributed by atoms with E-state index in [1.807, 2.05) is 18.2 Å². The van der Waals surface area contributed by atoms with Gasteiger partial charge in [-0.15, -0.1) is 0 Å². The Kier molecular flexibility index (Phi) is 4.91. The van der Waals surface area contributed by atoms with Crippen molar-refractivity contribution in [2.75, 3.05) is 19.0 Å². The molecule has 1 aromatic heterocycles.